The molecular formula is C21H20N2O5. The summed E-state index contributed by atoms with van der Waals surface area (Å²) in [6.07, 6.45) is 0. The Bertz CT molecular complexity index is 1120. The molecule has 28 heavy (non-hydrogen) atoms. The van der Waals surface area contributed by atoms with Gasteiger partial charge in [0.25, 0.3) is 5.91 Å². The van der Waals surface area contributed by atoms with Crippen molar-refractivity contribution >= 4 is 28.6 Å². The number of hydrogen-bond donors (Lipinski definition) is 2. The van der Waals surface area contributed by atoms with Gasteiger partial charge in [0.05, 0.1) is 0 Å². The van der Waals surface area contributed by atoms with Crippen molar-refractivity contribution in [3.05, 3.63) is 69.6 Å². The Morgan fingerprint density at radius 1 is 0.964 bits per heavy atom. The van der Waals surface area contributed by atoms with Crippen LogP contribution in [0.5, 0.6) is 5.75 Å². The second-order valence-corrected chi connectivity index (χ2v) is 6.50. The van der Waals surface area contributed by atoms with E-state index in [2.05, 4.69) is 10.6 Å². The van der Waals surface area contributed by atoms with Crippen molar-refractivity contribution in [3.8, 4) is 5.75 Å². The van der Waals surface area contributed by atoms with Gasteiger partial charge in [-0.2, -0.15) is 0 Å². The number of fused-ring (bicyclic) bond motifs is 1. The van der Waals surface area contributed by atoms with Crippen molar-refractivity contribution in [2.75, 3.05) is 11.9 Å². The molecule has 0 atom stereocenters. The number of carbonyl (C=O) groups is 2. The molecule has 0 bridgehead atoms. The SMILES string of the molecule is Cc1ccc(NC(=O)NC(=O)COc2ccc3c(C)cc(=O)oc3c2)cc1C. The number of urea groups is 1. The van der Waals surface area contributed by atoms with E-state index in [0.29, 0.717) is 17.0 Å². The summed E-state index contributed by atoms with van der Waals surface area (Å²) in [6, 6.07) is 11.2. The first-order chi connectivity index (χ1) is 13.3. The van der Waals surface area contributed by atoms with Crippen LogP contribution in [-0.2, 0) is 4.79 Å². The first-order valence-corrected chi connectivity index (χ1v) is 8.67. The minimum absolute atomic E-state index is 0.353. The summed E-state index contributed by atoms with van der Waals surface area (Å²) >= 11 is 0. The van der Waals surface area contributed by atoms with Gasteiger partial charge in [-0.25, -0.2) is 9.59 Å². The molecule has 3 aromatic rings. The van der Waals surface area contributed by atoms with E-state index in [1.165, 1.54) is 12.1 Å². The van der Waals surface area contributed by atoms with E-state index in [-0.39, 0.29) is 6.61 Å². The van der Waals surface area contributed by atoms with Gasteiger partial charge in [0.2, 0.25) is 0 Å². The molecule has 1 heterocycles. The maximum atomic E-state index is 11.9. The molecule has 0 aliphatic heterocycles. The molecule has 0 unspecified atom stereocenters. The van der Waals surface area contributed by atoms with Gasteiger partial charge in [-0.1, -0.05) is 6.07 Å². The molecule has 0 saturated carbocycles. The Hall–Kier alpha value is -3.61. The van der Waals surface area contributed by atoms with Crippen molar-refractivity contribution in [2.45, 2.75) is 20.8 Å². The smallest absolute Gasteiger partial charge is 0.336 e. The highest BCUT2D eigenvalue weighted by Gasteiger charge is 2.10. The van der Waals surface area contributed by atoms with Crippen LogP contribution in [0.15, 0.2) is 51.7 Å². The lowest BCUT2D eigenvalue weighted by molar-refractivity contribution is -0.121. The molecule has 0 aliphatic carbocycles. The number of anilines is 1. The van der Waals surface area contributed by atoms with Crippen molar-refractivity contribution < 1.29 is 18.7 Å². The maximum Gasteiger partial charge on any atom is 0.336 e. The van der Waals surface area contributed by atoms with Crippen LogP contribution in [0.2, 0.25) is 0 Å². The van der Waals surface area contributed by atoms with Crippen molar-refractivity contribution in [3.63, 3.8) is 0 Å². The van der Waals surface area contributed by atoms with Gasteiger partial charge < -0.3 is 14.5 Å². The quantitative estimate of drug-likeness (QED) is 0.676. The fraction of sp³-hybridized carbons (Fsp3) is 0.190. The highest BCUT2D eigenvalue weighted by molar-refractivity contribution is 6.01. The molecule has 0 fully saturated rings. The molecule has 0 saturated heterocycles. The van der Waals surface area contributed by atoms with Crippen LogP contribution in [0.25, 0.3) is 11.0 Å². The van der Waals surface area contributed by atoms with E-state index < -0.39 is 17.6 Å². The molecule has 144 valence electrons. The molecule has 7 nitrogen and oxygen atoms in total. The van der Waals surface area contributed by atoms with Gasteiger partial charge in [0.1, 0.15) is 11.3 Å². The highest BCUT2D eigenvalue weighted by atomic mass is 16.5. The van der Waals surface area contributed by atoms with E-state index in [0.717, 1.165) is 22.1 Å². The minimum Gasteiger partial charge on any atom is -0.484 e. The molecule has 7 heteroatoms. The van der Waals surface area contributed by atoms with Crippen LogP contribution in [-0.4, -0.2) is 18.5 Å². The van der Waals surface area contributed by atoms with E-state index >= 15 is 0 Å². The number of hydrogen-bond acceptors (Lipinski definition) is 5. The summed E-state index contributed by atoms with van der Waals surface area (Å²) in [4.78, 5) is 35.3. The first-order valence-electron chi connectivity index (χ1n) is 8.67. The molecule has 2 N–H and O–H groups in total. The van der Waals surface area contributed by atoms with Crippen LogP contribution < -0.4 is 21.0 Å². The Labute approximate surface area is 161 Å². The third-order valence-electron chi connectivity index (χ3n) is 4.31. The van der Waals surface area contributed by atoms with Gasteiger partial charge in [0.15, 0.2) is 6.61 Å². The van der Waals surface area contributed by atoms with Crippen LogP contribution in [0, 0.1) is 20.8 Å². The number of amides is 3. The van der Waals surface area contributed by atoms with Gasteiger partial charge >= 0.3 is 11.7 Å². The van der Waals surface area contributed by atoms with Crippen molar-refractivity contribution in [2.24, 2.45) is 0 Å². The number of carbonyl (C=O) groups excluding carboxylic acids is 2. The monoisotopic (exact) mass is 380 g/mol. The van der Waals surface area contributed by atoms with E-state index in [1.54, 1.807) is 25.1 Å². The molecule has 3 amide bonds. The van der Waals surface area contributed by atoms with E-state index in [1.807, 2.05) is 26.0 Å². The number of rotatable bonds is 4. The second-order valence-electron chi connectivity index (χ2n) is 6.50. The average Bonchev–Trinajstić information content (AvgIpc) is 2.62. The van der Waals surface area contributed by atoms with Crippen LogP contribution in [0.3, 0.4) is 0 Å². The summed E-state index contributed by atoms with van der Waals surface area (Å²) in [7, 11) is 0. The zero-order chi connectivity index (χ0) is 20.3. The highest BCUT2D eigenvalue weighted by Crippen LogP contribution is 2.22. The lowest BCUT2D eigenvalue weighted by Gasteiger charge is -2.10. The van der Waals surface area contributed by atoms with Crippen LogP contribution >= 0.6 is 0 Å². The topological polar surface area (TPSA) is 97.6 Å². The fourth-order valence-electron chi connectivity index (χ4n) is 2.69. The lowest BCUT2D eigenvalue weighted by atomic mass is 10.1. The third kappa shape index (κ3) is 4.56. The lowest BCUT2D eigenvalue weighted by Crippen LogP contribution is -2.37. The molecular weight excluding hydrogens is 360 g/mol. The maximum absolute atomic E-state index is 11.9. The standard InChI is InChI=1S/C21H20N2O5/c1-12-4-5-15(8-13(12)2)22-21(26)23-19(24)11-27-16-6-7-17-14(3)9-20(25)28-18(17)10-16/h4-10H,11H2,1-3H3,(H2,22,23,24,26). The van der Waals surface area contributed by atoms with Gasteiger partial charge in [-0.3, -0.25) is 10.1 Å². The zero-order valence-electron chi connectivity index (χ0n) is 15.8. The summed E-state index contributed by atoms with van der Waals surface area (Å²) in [5.74, 6) is -0.252. The molecule has 0 radical (unpaired) electrons. The van der Waals surface area contributed by atoms with E-state index in [4.69, 9.17) is 9.15 Å². The van der Waals surface area contributed by atoms with E-state index in [9.17, 15) is 14.4 Å². The largest absolute Gasteiger partial charge is 0.484 e. The Morgan fingerprint density at radius 3 is 2.50 bits per heavy atom. The van der Waals surface area contributed by atoms with Gasteiger partial charge in [-0.05, 0) is 61.7 Å². The molecule has 0 spiro atoms. The van der Waals surface area contributed by atoms with Crippen molar-refractivity contribution in [1.82, 2.24) is 5.32 Å². The number of ether oxygens (including phenoxy) is 1. The average molecular weight is 380 g/mol. The molecule has 2 aromatic carbocycles. The van der Waals surface area contributed by atoms with Gasteiger partial charge in [-0.15, -0.1) is 0 Å². The fourth-order valence-corrected chi connectivity index (χ4v) is 2.69. The Balaban J connectivity index is 1.57. The number of benzene rings is 2. The summed E-state index contributed by atoms with van der Waals surface area (Å²) < 4.78 is 10.5. The van der Waals surface area contributed by atoms with Crippen LogP contribution in [0.4, 0.5) is 10.5 Å². The third-order valence-corrected chi connectivity index (χ3v) is 4.31. The number of imide groups is 1. The molecule has 0 aliphatic rings. The number of aryl methyl sites for hydroxylation is 3. The summed E-state index contributed by atoms with van der Waals surface area (Å²) in [5.41, 5.74) is 3.44. The second kappa shape index (κ2) is 7.96. The summed E-state index contributed by atoms with van der Waals surface area (Å²) in [6.45, 7) is 5.35. The normalized spacial score (nSPS) is 10.5. The Morgan fingerprint density at radius 2 is 1.75 bits per heavy atom. The Kier molecular flexibility index (Phi) is 5.44. The summed E-state index contributed by atoms with van der Waals surface area (Å²) in [5, 5.41) is 5.58. The van der Waals surface area contributed by atoms with Crippen LogP contribution in [0.1, 0.15) is 16.7 Å². The van der Waals surface area contributed by atoms with Gasteiger partial charge in [0, 0.05) is 23.2 Å². The molecule has 3 rings (SSSR count). The van der Waals surface area contributed by atoms with Crippen molar-refractivity contribution in [1.29, 1.82) is 0 Å². The zero-order valence-corrected chi connectivity index (χ0v) is 15.8. The number of nitrogens with one attached hydrogen (secondary N) is 2. The first kappa shape index (κ1) is 19.2. The minimum atomic E-state index is -0.642. The predicted octanol–water partition coefficient (Wildman–Crippen LogP) is 3.45. The predicted molar refractivity (Wildman–Crippen MR) is 106 cm³/mol. The molecule has 1 aromatic heterocycles.